The van der Waals surface area contributed by atoms with E-state index < -0.39 is 43.9 Å². The van der Waals surface area contributed by atoms with Gasteiger partial charge < -0.3 is 24.3 Å². The van der Waals surface area contributed by atoms with Gasteiger partial charge in [-0.15, -0.1) is 10.2 Å². The highest BCUT2D eigenvalue weighted by Crippen LogP contribution is 2.42. The second kappa shape index (κ2) is 19.1. The van der Waals surface area contributed by atoms with Gasteiger partial charge in [-0.2, -0.15) is 22.3 Å². The minimum absolute atomic E-state index is 0.0610. The van der Waals surface area contributed by atoms with E-state index in [-0.39, 0.29) is 37.1 Å². The molecule has 1 aromatic heterocycles. The highest BCUT2D eigenvalue weighted by Gasteiger charge is 2.43. The number of alkyl carbamates (subject to hydrolysis) is 1. The summed E-state index contributed by atoms with van der Waals surface area (Å²) in [5.41, 5.74) is -0.267. The number of alkyl halides is 3. The number of aromatic nitrogens is 4. The first-order chi connectivity index (χ1) is 29.4. The van der Waals surface area contributed by atoms with Gasteiger partial charge in [-0.1, -0.05) is 54.3 Å². The minimum atomic E-state index is -5.14. The molecule has 0 bridgehead atoms. The predicted molar refractivity (Wildman–Crippen MR) is 225 cm³/mol. The van der Waals surface area contributed by atoms with Gasteiger partial charge in [-0.25, -0.2) is 13.2 Å². The molecular weight excluding hydrogens is 826 g/mol. The summed E-state index contributed by atoms with van der Waals surface area (Å²) in [6, 6.07) is 21.7. The maximum absolute atomic E-state index is 15.3. The first-order valence-electron chi connectivity index (χ1n) is 19.6. The Balaban J connectivity index is 1.48. The number of carbonyl (C=O) groups excluding carboxylic acids is 1. The molecule has 326 valence electrons. The standard InChI is InChI=1S/C45H47F3N6O7S/c1-44(2,3)61-43(55)49-35-18-8-30(9-19-35)7-16-34-17-26-39(45(46,47)48)41(40(34)42-50-52-54(51-42)29-33-14-24-38(60-6)25-15-33)62(56,57)53(27-31-10-20-36(58-4)21-11-31)28-32-12-22-37(59-5)23-13-32/h8,10-15,17,20-26,35H,9,18-19,27-29H2,1-6H3,(H,49,55). The Bertz CT molecular complexity index is 2510. The molecule has 1 atom stereocenters. The third-order valence-electron chi connectivity index (χ3n) is 9.75. The predicted octanol–water partition coefficient (Wildman–Crippen LogP) is 8.18. The van der Waals surface area contributed by atoms with Gasteiger partial charge in [0.15, 0.2) is 0 Å². The summed E-state index contributed by atoms with van der Waals surface area (Å²) in [5, 5.41) is 15.6. The summed E-state index contributed by atoms with van der Waals surface area (Å²) in [7, 11) is -0.592. The summed E-state index contributed by atoms with van der Waals surface area (Å²) < 4.78 is 98.5. The Morgan fingerprint density at radius 1 is 0.823 bits per heavy atom. The molecule has 0 radical (unpaired) electrons. The van der Waals surface area contributed by atoms with Crippen molar-refractivity contribution in [2.45, 2.75) is 82.4 Å². The smallest absolute Gasteiger partial charge is 0.417 e. The van der Waals surface area contributed by atoms with E-state index in [1.807, 2.05) is 6.08 Å². The number of benzene rings is 4. The Morgan fingerprint density at radius 2 is 1.37 bits per heavy atom. The molecule has 13 nitrogen and oxygen atoms in total. The lowest BCUT2D eigenvalue weighted by Gasteiger charge is -2.26. The average Bonchev–Trinajstić information content (AvgIpc) is 3.70. The molecule has 1 unspecified atom stereocenters. The summed E-state index contributed by atoms with van der Waals surface area (Å²) in [4.78, 5) is 12.5. The lowest BCUT2D eigenvalue weighted by atomic mass is 9.95. The number of hydrogen-bond donors (Lipinski definition) is 1. The van der Waals surface area contributed by atoms with Crippen molar-refractivity contribution in [3.8, 4) is 40.5 Å². The maximum atomic E-state index is 15.3. The van der Waals surface area contributed by atoms with Crippen LogP contribution >= 0.6 is 0 Å². The van der Waals surface area contributed by atoms with Crippen LogP contribution < -0.4 is 19.5 Å². The fraction of sp³-hybridized carbons (Fsp3) is 0.333. The molecule has 5 aromatic rings. The van der Waals surface area contributed by atoms with Gasteiger partial charge in [0.2, 0.25) is 15.8 Å². The molecule has 62 heavy (non-hydrogen) atoms. The number of allylic oxidation sites excluding steroid dienone is 1. The van der Waals surface area contributed by atoms with Crippen LogP contribution in [0.25, 0.3) is 11.4 Å². The highest BCUT2D eigenvalue weighted by atomic mass is 32.2. The number of methoxy groups -OCH3 is 3. The van der Waals surface area contributed by atoms with Crippen molar-refractivity contribution in [2.75, 3.05) is 21.3 Å². The Labute approximate surface area is 358 Å². The van der Waals surface area contributed by atoms with E-state index in [0.29, 0.717) is 53.2 Å². The van der Waals surface area contributed by atoms with E-state index in [1.54, 1.807) is 93.6 Å². The van der Waals surface area contributed by atoms with E-state index in [0.717, 1.165) is 22.0 Å². The fourth-order valence-corrected chi connectivity index (χ4v) is 8.45. The second-order valence-corrected chi connectivity index (χ2v) is 17.3. The molecule has 17 heteroatoms. The number of nitrogens with zero attached hydrogens (tertiary/aromatic N) is 5. The first-order valence-corrected chi connectivity index (χ1v) is 21.0. The average molecular weight is 873 g/mol. The zero-order valence-corrected chi connectivity index (χ0v) is 35.9. The third-order valence-corrected chi connectivity index (χ3v) is 11.6. The summed E-state index contributed by atoms with van der Waals surface area (Å²) in [5.74, 6) is 7.26. The molecule has 1 aliphatic carbocycles. The lowest BCUT2D eigenvalue weighted by Crippen LogP contribution is -2.39. The van der Waals surface area contributed by atoms with Crippen LogP contribution in [0.3, 0.4) is 0 Å². The molecule has 0 saturated heterocycles. The van der Waals surface area contributed by atoms with E-state index in [2.05, 4.69) is 32.6 Å². The largest absolute Gasteiger partial charge is 0.497 e. The van der Waals surface area contributed by atoms with Crippen molar-refractivity contribution >= 4 is 16.1 Å². The second-order valence-electron chi connectivity index (χ2n) is 15.4. The number of nitrogens with one attached hydrogen (secondary N) is 1. The number of carbonyl (C=O) groups is 1. The molecule has 1 N–H and O–H groups in total. The van der Waals surface area contributed by atoms with Crippen molar-refractivity contribution in [3.63, 3.8) is 0 Å². The van der Waals surface area contributed by atoms with E-state index in [9.17, 15) is 4.79 Å². The van der Waals surface area contributed by atoms with Gasteiger partial charge in [0.25, 0.3) is 0 Å². The van der Waals surface area contributed by atoms with E-state index in [1.165, 1.54) is 26.1 Å². The van der Waals surface area contributed by atoms with Crippen LogP contribution in [-0.4, -0.2) is 72.0 Å². The van der Waals surface area contributed by atoms with E-state index in [4.69, 9.17) is 18.9 Å². The van der Waals surface area contributed by atoms with Crippen molar-refractivity contribution in [1.82, 2.24) is 29.8 Å². The number of sulfonamides is 1. The van der Waals surface area contributed by atoms with Crippen molar-refractivity contribution in [2.24, 2.45) is 0 Å². The van der Waals surface area contributed by atoms with Gasteiger partial charge >= 0.3 is 12.3 Å². The first kappa shape index (κ1) is 45.2. The van der Waals surface area contributed by atoms with Gasteiger partial charge in [-0.05, 0) is 116 Å². The van der Waals surface area contributed by atoms with E-state index >= 15 is 21.6 Å². The molecule has 0 aliphatic heterocycles. The summed E-state index contributed by atoms with van der Waals surface area (Å²) >= 11 is 0. The lowest BCUT2D eigenvalue weighted by molar-refractivity contribution is -0.139. The van der Waals surface area contributed by atoms with Gasteiger partial charge in [0.05, 0.1) is 39.0 Å². The Kier molecular flexibility index (Phi) is 13.9. The van der Waals surface area contributed by atoms with Crippen LogP contribution in [0, 0.1) is 11.8 Å². The Hall–Kier alpha value is -6.38. The fourth-order valence-electron chi connectivity index (χ4n) is 6.63. The van der Waals surface area contributed by atoms with Gasteiger partial charge in [0.1, 0.15) is 27.7 Å². The maximum Gasteiger partial charge on any atom is 0.417 e. The molecule has 1 aliphatic rings. The summed E-state index contributed by atoms with van der Waals surface area (Å²) in [6.45, 7) is 4.74. The van der Waals surface area contributed by atoms with Crippen LogP contribution in [0.15, 0.2) is 101 Å². The number of tetrazole rings is 1. The van der Waals surface area contributed by atoms with Crippen LogP contribution in [0.1, 0.15) is 67.9 Å². The minimum Gasteiger partial charge on any atom is -0.497 e. The quantitative estimate of drug-likeness (QED) is 0.115. The number of amides is 1. The van der Waals surface area contributed by atoms with Crippen LogP contribution in [0.5, 0.6) is 17.2 Å². The highest BCUT2D eigenvalue weighted by molar-refractivity contribution is 7.89. The monoisotopic (exact) mass is 872 g/mol. The van der Waals surface area contributed by atoms with Gasteiger partial charge in [-0.3, -0.25) is 0 Å². The van der Waals surface area contributed by atoms with Crippen molar-refractivity contribution in [1.29, 1.82) is 0 Å². The molecule has 6 rings (SSSR count). The SMILES string of the molecule is COc1ccc(CN(Cc2ccc(OC)cc2)S(=O)(=O)c2c(C(F)(F)F)ccc(C#CC3=CCC(NC(=O)OC(C)(C)C)CC3)c2-c2nnn(Cc3ccc(OC)cc3)n2)cc1. The number of halogens is 3. The molecular formula is C45H47F3N6O7S. The topological polar surface area (TPSA) is 147 Å². The zero-order valence-electron chi connectivity index (χ0n) is 35.1. The molecule has 1 heterocycles. The van der Waals surface area contributed by atoms with Gasteiger partial charge in [0, 0.05) is 24.7 Å². The van der Waals surface area contributed by atoms with Crippen LogP contribution in [0.4, 0.5) is 18.0 Å². The van der Waals surface area contributed by atoms with Crippen molar-refractivity contribution in [3.05, 3.63) is 124 Å². The number of ether oxygens (including phenoxy) is 4. The number of hydrogen-bond acceptors (Lipinski definition) is 10. The van der Waals surface area contributed by atoms with Crippen molar-refractivity contribution < 1.29 is 45.3 Å². The van der Waals surface area contributed by atoms with Crippen LogP contribution in [0.2, 0.25) is 0 Å². The molecule has 0 saturated carbocycles. The molecule has 0 spiro atoms. The third kappa shape index (κ3) is 11.5. The molecule has 4 aromatic carbocycles. The normalized spacial score (nSPS) is 14.4. The summed E-state index contributed by atoms with van der Waals surface area (Å²) in [6.07, 6.45) is -2.48. The van der Waals surface area contributed by atoms with Crippen LogP contribution in [-0.2, 0) is 40.6 Å². The zero-order chi connectivity index (χ0) is 44.7. The molecule has 1 amide bonds. The number of rotatable bonds is 13. The molecule has 0 fully saturated rings. The Morgan fingerprint density at radius 3 is 1.85 bits per heavy atom.